The van der Waals surface area contributed by atoms with E-state index in [0.717, 1.165) is 36.3 Å². The predicted molar refractivity (Wildman–Crippen MR) is 83.5 cm³/mol. The average Bonchev–Trinajstić information content (AvgIpc) is 2.65. The standard InChI is InChI=1S/C16H21NO3S/c1-17-8-10-21(19)9-7-16(17)6-5-12-11-13(20-2)3-4-14(12)15(16)18/h3-4,11H,5-10H2,1-2H3. The molecule has 1 aromatic carbocycles. The number of fused-ring (bicyclic) bond motifs is 1. The number of hydrogen-bond acceptors (Lipinski definition) is 4. The molecule has 0 amide bonds. The van der Waals surface area contributed by atoms with Crippen LogP contribution in [-0.4, -0.2) is 52.6 Å². The first kappa shape index (κ1) is 14.7. The molecular weight excluding hydrogens is 286 g/mol. The molecule has 0 aromatic heterocycles. The monoisotopic (exact) mass is 307 g/mol. The summed E-state index contributed by atoms with van der Waals surface area (Å²) >= 11 is 0. The van der Waals surface area contributed by atoms with Crippen LogP contribution < -0.4 is 4.74 Å². The molecule has 3 rings (SSSR count). The molecule has 2 atom stereocenters. The molecule has 1 spiro atoms. The number of hydrogen-bond donors (Lipinski definition) is 0. The fourth-order valence-electron chi connectivity index (χ4n) is 3.46. The van der Waals surface area contributed by atoms with Crippen molar-refractivity contribution in [3.8, 4) is 5.75 Å². The van der Waals surface area contributed by atoms with Crippen molar-refractivity contribution < 1.29 is 13.7 Å². The zero-order valence-electron chi connectivity index (χ0n) is 12.6. The second kappa shape index (κ2) is 5.54. The molecule has 5 heteroatoms. The molecule has 114 valence electrons. The lowest BCUT2D eigenvalue weighted by molar-refractivity contribution is 0.0579. The summed E-state index contributed by atoms with van der Waals surface area (Å²) in [5.74, 6) is 2.28. The minimum atomic E-state index is -0.798. The molecule has 2 aliphatic rings. The van der Waals surface area contributed by atoms with Gasteiger partial charge in [-0.15, -0.1) is 0 Å². The molecule has 1 saturated heterocycles. The molecule has 2 unspecified atom stereocenters. The summed E-state index contributed by atoms with van der Waals surface area (Å²) in [4.78, 5) is 15.2. The van der Waals surface area contributed by atoms with Crippen molar-refractivity contribution in [3.05, 3.63) is 29.3 Å². The first-order valence-electron chi connectivity index (χ1n) is 7.35. The second-order valence-electron chi connectivity index (χ2n) is 5.90. The van der Waals surface area contributed by atoms with Crippen molar-refractivity contribution in [1.82, 2.24) is 4.90 Å². The van der Waals surface area contributed by atoms with Gasteiger partial charge in [0.05, 0.1) is 12.6 Å². The first-order chi connectivity index (χ1) is 10.1. The van der Waals surface area contributed by atoms with Crippen LogP contribution in [0, 0.1) is 0 Å². The topological polar surface area (TPSA) is 46.6 Å². The average molecular weight is 307 g/mol. The maximum atomic E-state index is 13.1. The summed E-state index contributed by atoms with van der Waals surface area (Å²) < 4.78 is 17.1. The summed E-state index contributed by atoms with van der Waals surface area (Å²) in [6.45, 7) is 0.726. The maximum absolute atomic E-state index is 13.1. The number of carbonyl (C=O) groups is 1. The third kappa shape index (κ3) is 2.42. The maximum Gasteiger partial charge on any atom is 0.183 e. The van der Waals surface area contributed by atoms with Gasteiger partial charge in [0.2, 0.25) is 0 Å². The normalized spacial score (nSPS) is 30.0. The Hall–Kier alpha value is -1.20. The Bertz CT molecular complexity index is 601. The Kier molecular flexibility index (Phi) is 3.88. The van der Waals surface area contributed by atoms with Crippen LogP contribution in [0.4, 0.5) is 0 Å². The zero-order valence-corrected chi connectivity index (χ0v) is 13.4. The summed E-state index contributed by atoms with van der Waals surface area (Å²) in [5, 5.41) is 0. The van der Waals surface area contributed by atoms with E-state index in [9.17, 15) is 9.00 Å². The number of aryl methyl sites for hydroxylation is 1. The van der Waals surface area contributed by atoms with E-state index in [1.54, 1.807) is 7.11 Å². The fraction of sp³-hybridized carbons (Fsp3) is 0.562. The van der Waals surface area contributed by atoms with Gasteiger partial charge < -0.3 is 4.74 Å². The Morgan fingerprint density at radius 2 is 2.10 bits per heavy atom. The summed E-state index contributed by atoms with van der Waals surface area (Å²) in [6, 6.07) is 5.70. The summed E-state index contributed by atoms with van der Waals surface area (Å²) in [5.41, 5.74) is 1.42. The minimum absolute atomic E-state index is 0.188. The lowest BCUT2D eigenvalue weighted by Gasteiger charge is -2.42. The van der Waals surface area contributed by atoms with Gasteiger partial charge in [0, 0.05) is 34.4 Å². The second-order valence-corrected chi connectivity index (χ2v) is 7.60. The highest BCUT2D eigenvalue weighted by Gasteiger charge is 2.46. The van der Waals surface area contributed by atoms with E-state index < -0.39 is 16.3 Å². The molecule has 1 fully saturated rings. The Morgan fingerprint density at radius 3 is 2.86 bits per heavy atom. The van der Waals surface area contributed by atoms with Crippen LogP contribution in [0.5, 0.6) is 5.75 Å². The van der Waals surface area contributed by atoms with Crippen molar-refractivity contribution in [3.63, 3.8) is 0 Å². The number of methoxy groups -OCH3 is 1. The molecule has 4 nitrogen and oxygen atoms in total. The quantitative estimate of drug-likeness (QED) is 0.791. The van der Waals surface area contributed by atoms with E-state index in [2.05, 4.69) is 4.90 Å². The van der Waals surface area contributed by atoms with Crippen molar-refractivity contribution in [1.29, 1.82) is 0 Å². The van der Waals surface area contributed by atoms with Gasteiger partial charge in [0.1, 0.15) is 5.75 Å². The predicted octanol–water partition coefficient (Wildman–Crippen LogP) is 1.65. The lowest BCUT2D eigenvalue weighted by Crippen LogP contribution is -2.55. The number of rotatable bonds is 1. The van der Waals surface area contributed by atoms with Crippen LogP contribution in [-0.2, 0) is 17.2 Å². The highest BCUT2D eigenvalue weighted by atomic mass is 32.2. The fourth-order valence-corrected chi connectivity index (χ4v) is 4.71. The summed E-state index contributed by atoms with van der Waals surface area (Å²) in [6.07, 6.45) is 2.37. The van der Waals surface area contributed by atoms with Crippen LogP contribution in [0.3, 0.4) is 0 Å². The third-order valence-electron chi connectivity index (χ3n) is 4.92. The van der Waals surface area contributed by atoms with Crippen LogP contribution in [0.25, 0.3) is 0 Å². The number of ketones is 1. The van der Waals surface area contributed by atoms with Crippen molar-refractivity contribution in [2.45, 2.75) is 24.8 Å². The van der Waals surface area contributed by atoms with Gasteiger partial charge in [0.25, 0.3) is 0 Å². The summed E-state index contributed by atoms with van der Waals surface area (Å²) in [7, 11) is 2.84. The molecule has 1 aromatic rings. The van der Waals surface area contributed by atoms with Crippen molar-refractivity contribution in [2.75, 3.05) is 32.2 Å². The Morgan fingerprint density at radius 1 is 1.29 bits per heavy atom. The molecule has 0 saturated carbocycles. The zero-order chi connectivity index (χ0) is 15.0. The van der Waals surface area contributed by atoms with E-state index in [1.807, 2.05) is 25.2 Å². The molecule has 0 bridgehead atoms. The first-order valence-corrected chi connectivity index (χ1v) is 8.83. The number of carbonyl (C=O) groups excluding carboxylic acids is 1. The van der Waals surface area contributed by atoms with Gasteiger partial charge in [-0.05, 0) is 50.1 Å². The van der Waals surface area contributed by atoms with Gasteiger partial charge in [-0.2, -0.15) is 0 Å². The number of Topliss-reactive ketones (excluding diaryl/α,β-unsaturated/α-hetero) is 1. The van der Waals surface area contributed by atoms with Gasteiger partial charge in [0.15, 0.2) is 5.78 Å². The van der Waals surface area contributed by atoms with Crippen molar-refractivity contribution >= 4 is 16.6 Å². The largest absolute Gasteiger partial charge is 0.497 e. The molecule has 1 heterocycles. The lowest BCUT2D eigenvalue weighted by atomic mass is 9.74. The molecular formula is C16H21NO3S. The van der Waals surface area contributed by atoms with E-state index in [4.69, 9.17) is 4.74 Å². The van der Waals surface area contributed by atoms with Gasteiger partial charge in [-0.25, -0.2) is 0 Å². The van der Waals surface area contributed by atoms with Gasteiger partial charge >= 0.3 is 0 Å². The van der Waals surface area contributed by atoms with E-state index >= 15 is 0 Å². The third-order valence-corrected chi connectivity index (χ3v) is 6.21. The molecule has 1 aliphatic heterocycles. The molecule has 0 radical (unpaired) electrons. The Balaban J connectivity index is 1.99. The number of nitrogens with zero attached hydrogens (tertiary/aromatic N) is 1. The highest BCUT2D eigenvalue weighted by Crippen LogP contribution is 2.37. The Labute approximate surface area is 127 Å². The van der Waals surface area contributed by atoms with Crippen LogP contribution in [0.2, 0.25) is 0 Å². The van der Waals surface area contributed by atoms with E-state index in [1.165, 1.54) is 0 Å². The number of likely N-dealkylation sites (N-methyl/N-ethyl adjacent to an activating group) is 1. The SMILES string of the molecule is COc1ccc2c(c1)CCC1(CCS(=O)CCN1C)C2=O. The number of benzene rings is 1. The molecule has 21 heavy (non-hydrogen) atoms. The van der Waals surface area contributed by atoms with Gasteiger partial charge in [-0.3, -0.25) is 13.9 Å². The molecule has 1 aliphatic carbocycles. The van der Waals surface area contributed by atoms with E-state index in [-0.39, 0.29) is 5.78 Å². The van der Waals surface area contributed by atoms with E-state index in [0.29, 0.717) is 17.9 Å². The number of ether oxygens (including phenoxy) is 1. The van der Waals surface area contributed by atoms with Crippen LogP contribution in [0.1, 0.15) is 28.8 Å². The smallest absolute Gasteiger partial charge is 0.183 e. The van der Waals surface area contributed by atoms with Crippen LogP contribution >= 0.6 is 0 Å². The molecule has 0 N–H and O–H groups in total. The van der Waals surface area contributed by atoms with Gasteiger partial charge in [-0.1, -0.05) is 0 Å². The van der Waals surface area contributed by atoms with Crippen molar-refractivity contribution in [2.24, 2.45) is 0 Å². The minimum Gasteiger partial charge on any atom is -0.497 e. The van der Waals surface area contributed by atoms with Crippen LogP contribution in [0.15, 0.2) is 18.2 Å². The highest BCUT2D eigenvalue weighted by molar-refractivity contribution is 7.85.